The minimum atomic E-state index is 0.0652. The average molecular weight is 419 g/mol. The van der Waals surface area contributed by atoms with Crippen molar-refractivity contribution in [2.75, 3.05) is 12.9 Å². The van der Waals surface area contributed by atoms with Crippen molar-refractivity contribution in [2.24, 2.45) is 5.92 Å². The van der Waals surface area contributed by atoms with Crippen molar-refractivity contribution in [2.45, 2.75) is 63.9 Å². The van der Waals surface area contributed by atoms with Gasteiger partial charge in [0.15, 0.2) is 11.0 Å². The molecule has 1 aromatic heterocycles. The van der Waals surface area contributed by atoms with Crippen molar-refractivity contribution < 1.29 is 14.3 Å². The van der Waals surface area contributed by atoms with E-state index in [1.165, 1.54) is 31.0 Å². The molecule has 1 fully saturated rings. The molecule has 1 N–H and O–H groups in total. The number of nitrogens with zero attached hydrogens (tertiary/aromatic N) is 3. The van der Waals surface area contributed by atoms with Crippen LogP contribution in [0.1, 0.15) is 45.4 Å². The maximum Gasteiger partial charge on any atom is 0.230 e. The summed E-state index contributed by atoms with van der Waals surface area (Å²) in [6.07, 6.45) is 4.74. The van der Waals surface area contributed by atoms with Crippen molar-refractivity contribution in [3.05, 3.63) is 30.1 Å². The molecular weight excluding hydrogens is 388 g/mol. The Balaban J connectivity index is 1.52. The average Bonchev–Trinajstić information content (AvgIpc) is 3.14. The SMILES string of the molecule is CCn1c(COc2ccc(OC)cc2)nnc1SCC(=O)N[C@H]1CCCC[C@@H]1C. The van der Waals surface area contributed by atoms with Crippen LogP contribution >= 0.6 is 11.8 Å². The number of hydrogen-bond acceptors (Lipinski definition) is 6. The highest BCUT2D eigenvalue weighted by atomic mass is 32.2. The molecule has 0 bridgehead atoms. The van der Waals surface area contributed by atoms with Crippen LogP contribution < -0.4 is 14.8 Å². The second kappa shape index (κ2) is 10.5. The summed E-state index contributed by atoms with van der Waals surface area (Å²) in [4.78, 5) is 12.4. The van der Waals surface area contributed by atoms with Crippen LogP contribution in [0.15, 0.2) is 29.4 Å². The van der Waals surface area contributed by atoms with Crippen molar-refractivity contribution >= 4 is 17.7 Å². The number of carbonyl (C=O) groups is 1. The summed E-state index contributed by atoms with van der Waals surface area (Å²) >= 11 is 1.42. The van der Waals surface area contributed by atoms with Crippen LogP contribution in [0.5, 0.6) is 11.5 Å². The largest absolute Gasteiger partial charge is 0.497 e. The van der Waals surface area contributed by atoms with Crippen LogP contribution in [0, 0.1) is 5.92 Å². The molecule has 1 amide bonds. The number of thioether (sulfide) groups is 1. The zero-order valence-corrected chi connectivity index (χ0v) is 18.2. The van der Waals surface area contributed by atoms with Gasteiger partial charge in [0.25, 0.3) is 0 Å². The van der Waals surface area contributed by atoms with Gasteiger partial charge in [-0.2, -0.15) is 0 Å². The van der Waals surface area contributed by atoms with E-state index in [4.69, 9.17) is 9.47 Å². The smallest absolute Gasteiger partial charge is 0.230 e. The van der Waals surface area contributed by atoms with Gasteiger partial charge in [-0.05, 0) is 49.9 Å². The van der Waals surface area contributed by atoms with Gasteiger partial charge in [-0.1, -0.05) is 31.5 Å². The fourth-order valence-electron chi connectivity index (χ4n) is 3.58. The molecule has 1 heterocycles. The molecule has 1 aliphatic rings. The highest BCUT2D eigenvalue weighted by molar-refractivity contribution is 7.99. The molecule has 2 aromatic rings. The van der Waals surface area contributed by atoms with Crippen LogP contribution in [0.2, 0.25) is 0 Å². The molecule has 2 atom stereocenters. The second-order valence-corrected chi connectivity index (χ2v) is 8.27. The predicted molar refractivity (Wildman–Crippen MR) is 113 cm³/mol. The Labute approximate surface area is 176 Å². The van der Waals surface area contributed by atoms with E-state index in [-0.39, 0.29) is 5.91 Å². The molecule has 0 aliphatic heterocycles. The lowest BCUT2D eigenvalue weighted by atomic mass is 9.86. The van der Waals surface area contributed by atoms with Crippen molar-refractivity contribution in [1.82, 2.24) is 20.1 Å². The number of amides is 1. The van der Waals surface area contributed by atoms with Gasteiger partial charge >= 0.3 is 0 Å². The predicted octanol–water partition coefficient (Wildman–Crippen LogP) is 3.67. The summed E-state index contributed by atoms with van der Waals surface area (Å²) in [6, 6.07) is 7.73. The van der Waals surface area contributed by atoms with E-state index in [1.807, 2.05) is 35.8 Å². The van der Waals surface area contributed by atoms with E-state index in [9.17, 15) is 4.79 Å². The number of benzene rings is 1. The third kappa shape index (κ3) is 5.88. The van der Waals surface area contributed by atoms with Gasteiger partial charge in [0.1, 0.15) is 18.1 Å². The molecule has 1 aliphatic carbocycles. The Hall–Kier alpha value is -2.22. The Morgan fingerprint density at radius 2 is 1.93 bits per heavy atom. The molecule has 0 spiro atoms. The number of rotatable bonds is 9. The number of methoxy groups -OCH3 is 1. The minimum absolute atomic E-state index is 0.0652. The number of carbonyl (C=O) groups excluding carboxylic acids is 1. The fraction of sp³-hybridized carbons (Fsp3) is 0.571. The number of aromatic nitrogens is 3. The number of hydrogen-bond donors (Lipinski definition) is 1. The standard InChI is InChI=1S/C21H30N4O3S/c1-4-25-19(13-28-17-11-9-16(27-3)10-12-17)23-24-21(25)29-14-20(26)22-18-8-6-5-7-15(18)2/h9-12,15,18H,4-8,13-14H2,1-3H3,(H,22,26)/t15-,18-/m0/s1. The highest BCUT2D eigenvalue weighted by Crippen LogP contribution is 2.24. The zero-order chi connectivity index (χ0) is 20.6. The molecule has 0 unspecified atom stereocenters. The molecule has 3 rings (SSSR count). The third-order valence-corrected chi connectivity index (χ3v) is 6.29. The van der Waals surface area contributed by atoms with Crippen LogP contribution in [-0.4, -0.2) is 39.6 Å². The van der Waals surface area contributed by atoms with E-state index >= 15 is 0 Å². The first-order valence-electron chi connectivity index (χ1n) is 10.2. The molecule has 1 saturated carbocycles. The lowest BCUT2D eigenvalue weighted by molar-refractivity contribution is -0.119. The normalized spacial score (nSPS) is 19.0. The van der Waals surface area contributed by atoms with Crippen LogP contribution in [0.25, 0.3) is 0 Å². The van der Waals surface area contributed by atoms with E-state index in [2.05, 4.69) is 22.4 Å². The Kier molecular flexibility index (Phi) is 7.80. The van der Waals surface area contributed by atoms with E-state index in [0.717, 1.165) is 35.4 Å². The highest BCUT2D eigenvalue weighted by Gasteiger charge is 2.23. The molecule has 29 heavy (non-hydrogen) atoms. The Morgan fingerprint density at radius 3 is 2.62 bits per heavy atom. The quantitative estimate of drug-likeness (QED) is 0.626. The number of nitrogens with one attached hydrogen (secondary N) is 1. The van der Waals surface area contributed by atoms with E-state index in [1.54, 1.807) is 7.11 Å². The molecule has 0 radical (unpaired) electrons. The zero-order valence-electron chi connectivity index (χ0n) is 17.4. The second-order valence-electron chi connectivity index (χ2n) is 7.33. The summed E-state index contributed by atoms with van der Waals surface area (Å²) in [6.45, 7) is 5.30. The van der Waals surface area contributed by atoms with Gasteiger partial charge in [0, 0.05) is 12.6 Å². The number of ether oxygens (including phenoxy) is 2. The summed E-state index contributed by atoms with van der Waals surface area (Å²) in [5, 5.41) is 12.4. The summed E-state index contributed by atoms with van der Waals surface area (Å²) < 4.78 is 13.0. The maximum atomic E-state index is 12.4. The summed E-state index contributed by atoms with van der Waals surface area (Å²) in [5.41, 5.74) is 0. The van der Waals surface area contributed by atoms with Crippen LogP contribution in [-0.2, 0) is 17.9 Å². The van der Waals surface area contributed by atoms with Crippen LogP contribution in [0.3, 0.4) is 0 Å². The van der Waals surface area contributed by atoms with Crippen molar-refractivity contribution in [3.8, 4) is 11.5 Å². The first-order chi connectivity index (χ1) is 14.1. The maximum absolute atomic E-state index is 12.4. The van der Waals surface area contributed by atoms with Gasteiger partial charge in [-0.15, -0.1) is 10.2 Å². The topological polar surface area (TPSA) is 78.3 Å². The Morgan fingerprint density at radius 1 is 1.21 bits per heavy atom. The molecule has 158 valence electrons. The van der Waals surface area contributed by atoms with Crippen molar-refractivity contribution in [1.29, 1.82) is 0 Å². The lowest BCUT2D eigenvalue weighted by Gasteiger charge is -2.29. The van der Waals surface area contributed by atoms with Gasteiger partial charge in [-0.3, -0.25) is 4.79 Å². The third-order valence-electron chi connectivity index (χ3n) is 5.33. The van der Waals surface area contributed by atoms with Gasteiger partial charge in [-0.25, -0.2) is 0 Å². The van der Waals surface area contributed by atoms with Gasteiger partial charge in [0.05, 0.1) is 12.9 Å². The monoisotopic (exact) mass is 418 g/mol. The molecule has 1 aromatic carbocycles. The summed E-state index contributed by atoms with van der Waals surface area (Å²) in [5.74, 6) is 3.24. The van der Waals surface area contributed by atoms with Gasteiger partial charge < -0.3 is 19.4 Å². The molecule has 8 heteroatoms. The van der Waals surface area contributed by atoms with Crippen LogP contribution in [0.4, 0.5) is 0 Å². The minimum Gasteiger partial charge on any atom is -0.497 e. The van der Waals surface area contributed by atoms with Gasteiger partial charge in [0.2, 0.25) is 5.91 Å². The Bertz CT molecular complexity index is 794. The van der Waals surface area contributed by atoms with Crippen molar-refractivity contribution in [3.63, 3.8) is 0 Å². The van der Waals surface area contributed by atoms with E-state index < -0.39 is 0 Å². The summed E-state index contributed by atoms with van der Waals surface area (Å²) in [7, 11) is 1.63. The fourth-order valence-corrected chi connectivity index (χ4v) is 4.41. The lowest BCUT2D eigenvalue weighted by Crippen LogP contribution is -2.41. The van der Waals surface area contributed by atoms with E-state index in [0.29, 0.717) is 24.3 Å². The molecule has 0 saturated heterocycles. The first kappa shape index (κ1) is 21.5. The molecule has 7 nitrogen and oxygen atoms in total. The first-order valence-corrected chi connectivity index (χ1v) is 11.2. The molecular formula is C21H30N4O3S.